The molecule has 2 aromatic carbocycles. The van der Waals surface area contributed by atoms with Gasteiger partial charge in [-0.2, -0.15) is 18.3 Å². The Bertz CT molecular complexity index is 1020. The van der Waals surface area contributed by atoms with Gasteiger partial charge in [0.05, 0.1) is 5.56 Å². The van der Waals surface area contributed by atoms with Crippen molar-refractivity contribution in [3.63, 3.8) is 0 Å². The summed E-state index contributed by atoms with van der Waals surface area (Å²) in [6, 6.07) is 11.5. The molecular formula is C20H17F4N3O3. The van der Waals surface area contributed by atoms with Crippen LogP contribution in [0.1, 0.15) is 16.1 Å². The first-order valence-corrected chi connectivity index (χ1v) is 8.81. The second-order valence-electron chi connectivity index (χ2n) is 6.30. The highest BCUT2D eigenvalue weighted by Gasteiger charge is 2.30. The molecule has 1 unspecified atom stereocenters. The normalized spacial score (nSPS) is 12.4. The van der Waals surface area contributed by atoms with Gasteiger partial charge in [0.15, 0.2) is 5.69 Å². The van der Waals surface area contributed by atoms with Gasteiger partial charge in [-0.05, 0) is 36.4 Å². The maximum Gasteiger partial charge on any atom is 0.416 e. The molecule has 0 aliphatic carbocycles. The zero-order valence-electron chi connectivity index (χ0n) is 15.4. The minimum Gasteiger partial charge on any atom is -0.491 e. The molecule has 0 radical (unpaired) electrons. The number of ether oxygens (including phenoxy) is 1. The number of aliphatic hydroxyl groups is 1. The molecule has 1 atom stereocenters. The third-order valence-electron chi connectivity index (χ3n) is 4.02. The van der Waals surface area contributed by atoms with Gasteiger partial charge in [-0.15, -0.1) is 0 Å². The van der Waals surface area contributed by atoms with E-state index >= 15 is 0 Å². The fraction of sp³-hybridized carbons (Fsp3) is 0.200. The number of hydrogen-bond acceptors (Lipinski definition) is 4. The monoisotopic (exact) mass is 423 g/mol. The molecular weight excluding hydrogens is 406 g/mol. The molecule has 1 aromatic heterocycles. The lowest BCUT2D eigenvalue weighted by molar-refractivity contribution is -0.137. The Morgan fingerprint density at radius 1 is 1.17 bits per heavy atom. The Balaban J connectivity index is 1.51. The van der Waals surface area contributed by atoms with Gasteiger partial charge in [0.2, 0.25) is 0 Å². The van der Waals surface area contributed by atoms with Crippen LogP contribution >= 0.6 is 0 Å². The predicted molar refractivity (Wildman–Crippen MR) is 98.8 cm³/mol. The van der Waals surface area contributed by atoms with E-state index in [4.69, 9.17) is 4.74 Å². The van der Waals surface area contributed by atoms with Crippen molar-refractivity contribution in [1.82, 2.24) is 15.1 Å². The zero-order valence-corrected chi connectivity index (χ0v) is 15.4. The van der Waals surface area contributed by atoms with Crippen LogP contribution in [-0.2, 0) is 6.18 Å². The highest BCUT2D eigenvalue weighted by Crippen LogP contribution is 2.31. The van der Waals surface area contributed by atoms with Gasteiger partial charge >= 0.3 is 6.18 Å². The van der Waals surface area contributed by atoms with Crippen molar-refractivity contribution < 1.29 is 32.2 Å². The van der Waals surface area contributed by atoms with Crippen LogP contribution in [0.4, 0.5) is 17.6 Å². The maximum absolute atomic E-state index is 13.8. The van der Waals surface area contributed by atoms with Crippen molar-refractivity contribution in [3.8, 4) is 11.4 Å². The Labute approximate surface area is 168 Å². The standard InChI is InChI=1S/C20H17F4N3O3/c21-16-6-1-2-7-18(16)27-9-8-17(26-27)19(29)25-11-14(28)12-30-15-5-3-4-13(10-15)20(22,23)24/h1-10,14,28H,11-12H2,(H,25,29). The number of nitrogens with one attached hydrogen (secondary N) is 1. The van der Waals surface area contributed by atoms with E-state index in [0.29, 0.717) is 0 Å². The molecule has 1 heterocycles. The third kappa shape index (κ3) is 5.35. The summed E-state index contributed by atoms with van der Waals surface area (Å²) in [5, 5.41) is 16.3. The van der Waals surface area contributed by atoms with Gasteiger partial charge in [0, 0.05) is 12.7 Å². The van der Waals surface area contributed by atoms with Gasteiger partial charge in [-0.3, -0.25) is 4.79 Å². The van der Waals surface area contributed by atoms with Crippen molar-refractivity contribution in [2.45, 2.75) is 12.3 Å². The van der Waals surface area contributed by atoms with Crippen molar-refractivity contribution in [2.24, 2.45) is 0 Å². The largest absolute Gasteiger partial charge is 0.491 e. The molecule has 30 heavy (non-hydrogen) atoms. The fourth-order valence-electron chi connectivity index (χ4n) is 2.53. The van der Waals surface area contributed by atoms with Crippen molar-refractivity contribution in [2.75, 3.05) is 13.2 Å². The summed E-state index contributed by atoms with van der Waals surface area (Å²) in [5.74, 6) is -1.17. The summed E-state index contributed by atoms with van der Waals surface area (Å²) in [6.45, 7) is -0.546. The van der Waals surface area contributed by atoms with E-state index in [-0.39, 0.29) is 30.3 Å². The second kappa shape index (κ2) is 8.95. The molecule has 0 aliphatic heterocycles. The van der Waals surface area contributed by atoms with Crippen LogP contribution in [0.3, 0.4) is 0 Å². The molecule has 0 saturated heterocycles. The molecule has 2 N–H and O–H groups in total. The highest BCUT2D eigenvalue weighted by atomic mass is 19.4. The van der Waals surface area contributed by atoms with Crippen LogP contribution in [0.2, 0.25) is 0 Å². The van der Waals surface area contributed by atoms with Crippen molar-refractivity contribution in [3.05, 3.63) is 77.9 Å². The Kier molecular flexibility index (Phi) is 6.36. The third-order valence-corrected chi connectivity index (χ3v) is 4.02. The Hall–Kier alpha value is -3.40. The van der Waals surface area contributed by atoms with Crippen LogP contribution in [0, 0.1) is 5.82 Å². The predicted octanol–water partition coefficient (Wildman–Crippen LogP) is 3.20. The van der Waals surface area contributed by atoms with E-state index < -0.39 is 29.6 Å². The molecule has 0 fully saturated rings. The number of aromatic nitrogens is 2. The highest BCUT2D eigenvalue weighted by molar-refractivity contribution is 5.92. The summed E-state index contributed by atoms with van der Waals surface area (Å²) < 4.78 is 58.2. The topological polar surface area (TPSA) is 76.4 Å². The summed E-state index contributed by atoms with van der Waals surface area (Å²) >= 11 is 0. The fourth-order valence-corrected chi connectivity index (χ4v) is 2.53. The van der Waals surface area contributed by atoms with E-state index in [1.54, 1.807) is 6.07 Å². The molecule has 0 spiro atoms. The lowest BCUT2D eigenvalue weighted by atomic mass is 10.2. The number of carbonyl (C=O) groups excluding carboxylic acids is 1. The number of para-hydroxylation sites is 1. The molecule has 3 rings (SSSR count). The van der Waals surface area contributed by atoms with E-state index in [2.05, 4.69) is 10.4 Å². The quantitative estimate of drug-likeness (QED) is 0.573. The second-order valence-corrected chi connectivity index (χ2v) is 6.30. The van der Waals surface area contributed by atoms with E-state index in [1.807, 2.05) is 0 Å². The summed E-state index contributed by atoms with van der Waals surface area (Å²) in [7, 11) is 0. The van der Waals surface area contributed by atoms with E-state index in [9.17, 15) is 27.5 Å². The minimum atomic E-state index is -4.50. The molecule has 0 bridgehead atoms. The molecule has 158 valence electrons. The van der Waals surface area contributed by atoms with Crippen LogP contribution in [-0.4, -0.2) is 40.0 Å². The summed E-state index contributed by atoms with van der Waals surface area (Å²) in [5.41, 5.74) is -0.691. The first-order chi connectivity index (χ1) is 14.2. The number of hydrogen-bond donors (Lipinski definition) is 2. The van der Waals surface area contributed by atoms with Crippen molar-refractivity contribution >= 4 is 5.91 Å². The van der Waals surface area contributed by atoms with Crippen LogP contribution in [0.15, 0.2) is 60.8 Å². The molecule has 0 saturated carbocycles. The average molecular weight is 423 g/mol. The van der Waals surface area contributed by atoms with Gasteiger partial charge in [0.25, 0.3) is 5.91 Å². The molecule has 6 nitrogen and oxygen atoms in total. The van der Waals surface area contributed by atoms with Crippen molar-refractivity contribution in [1.29, 1.82) is 0 Å². The number of aliphatic hydroxyl groups excluding tert-OH is 1. The number of rotatable bonds is 7. The number of benzene rings is 2. The summed E-state index contributed by atoms with van der Waals surface area (Å²) in [6.07, 6.45) is -4.25. The van der Waals surface area contributed by atoms with Crippen LogP contribution < -0.4 is 10.1 Å². The van der Waals surface area contributed by atoms with Crippen LogP contribution in [0.5, 0.6) is 5.75 Å². The minimum absolute atomic E-state index is 0.00394. The maximum atomic E-state index is 13.8. The van der Waals surface area contributed by atoms with Gasteiger partial charge in [0.1, 0.15) is 30.0 Å². The molecule has 10 heteroatoms. The van der Waals surface area contributed by atoms with E-state index in [1.165, 1.54) is 47.3 Å². The lowest BCUT2D eigenvalue weighted by Gasteiger charge is -2.14. The number of amides is 1. The molecule has 3 aromatic rings. The lowest BCUT2D eigenvalue weighted by Crippen LogP contribution is -2.35. The zero-order chi connectivity index (χ0) is 21.7. The SMILES string of the molecule is O=C(NCC(O)COc1cccc(C(F)(F)F)c1)c1ccn(-c2ccccc2F)n1. The Morgan fingerprint density at radius 3 is 2.67 bits per heavy atom. The Morgan fingerprint density at radius 2 is 1.93 bits per heavy atom. The van der Waals surface area contributed by atoms with Gasteiger partial charge in [-0.1, -0.05) is 18.2 Å². The molecule has 1 amide bonds. The summed E-state index contributed by atoms with van der Waals surface area (Å²) in [4.78, 5) is 12.2. The molecule has 0 aliphatic rings. The van der Waals surface area contributed by atoms with E-state index in [0.717, 1.165) is 12.1 Å². The number of halogens is 4. The first kappa shape index (κ1) is 21.3. The van der Waals surface area contributed by atoms with Gasteiger partial charge < -0.3 is 15.2 Å². The smallest absolute Gasteiger partial charge is 0.416 e. The number of nitrogens with zero attached hydrogens (tertiary/aromatic N) is 2. The average Bonchev–Trinajstić information content (AvgIpc) is 3.20. The van der Waals surface area contributed by atoms with Crippen LogP contribution in [0.25, 0.3) is 5.69 Å². The number of carbonyl (C=O) groups is 1. The number of alkyl halides is 3. The first-order valence-electron chi connectivity index (χ1n) is 8.81. The van der Waals surface area contributed by atoms with Gasteiger partial charge in [-0.25, -0.2) is 9.07 Å².